The quantitative estimate of drug-likeness (QED) is 0.196. The molecule has 2 N–H and O–H groups in total. The van der Waals surface area contributed by atoms with Crippen molar-refractivity contribution in [1.29, 1.82) is 0 Å². The van der Waals surface area contributed by atoms with Crippen LogP contribution in [0.4, 0.5) is 29.2 Å². The Labute approximate surface area is 293 Å². The number of hydrogen-bond donors (Lipinski definition) is 2. The van der Waals surface area contributed by atoms with Gasteiger partial charge in [-0.1, -0.05) is 0 Å². The molecule has 6 rings (SSSR count). The first-order chi connectivity index (χ1) is 22.1. The number of aryl methyl sites for hydroxylation is 3. The molecular formula is C31H38Br2ClF4N9. The average Bonchev–Trinajstić information content (AvgIpc) is 3.52. The highest BCUT2D eigenvalue weighted by atomic mass is 79.9. The first-order valence-corrected chi connectivity index (χ1v) is 17.3. The number of halogens is 7. The van der Waals surface area contributed by atoms with Crippen molar-refractivity contribution in [3.8, 4) is 5.95 Å². The largest absolute Gasteiger partial charge is 0.367 e. The molecule has 0 aromatic carbocycles. The third-order valence-electron chi connectivity index (χ3n) is 7.70. The number of nitrogens with one attached hydrogen (secondary N) is 2. The van der Waals surface area contributed by atoms with E-state index in [1.54, 1.807) is 10.7 Å². The number of anilines is 2. The summed E-state index contributed by atoms with van der Waals surface area (Å²) in [4.78, 5) is 20.9. The Morgan fingerprint density at radius 2 is 1.28 bits per heavy atom. The summed E-state index contributed by atoms with van der Waals surface area (Å²) in [5.41, 5.74) is 3.79. The van der Waals surface area contributed by atoms with E-state index in [-0.39, 0.29) is 43.1 Å². The molecule has 0 atom stereocenters. The van der Waals surface area contributed by atoms with Crippen LogP contribution in [0.1, 0.15) is 75.4 Å². The van der Waals surface area contributed by atoms with Gasteiger partial charge in [-0.25, -0.2) is 37.2 Å². The van der Waals surface area contributed by atoms with Crippen LogP contribution in [-0.2, 0) is 0 Å². The molecule has 9 nitrogen and oxygen atoms in total. The molecule has 1 aliphatic heterocycles. The average molecular weight is 808 g/mol. The third kappa shape index (κ3) is 12.1. The van der Waals surface area contributed by atoms with Gasteiger partial charge in [0, 0.05) is 67.0 Å². The normalized spacial score (nSPS) is 19.0. The van der Waals surface area contributed by atoms with Crippen molar-refractivity contribution in [2.45, 2.75) is 103 Å². The molecule has 2 aliphatic carbocycles. The maximum atomic E-state index is 13.2. The molecular weight excluding hydrogens is 770 g/mol. The Balaban J connectivity index is 0.000000182. The fourth-order valence-corrected chi connectivity index (χ4v) is 6.48. The standard InChI is InChI=1S/C15H18BrF2N5.C11H14ClF2N3.C5H6BrN/c1-9-7-13(20-11-3-5-15(17,18)6-4-11)21-14(19-9)23-10(2)8-12(16)22-23;1-7-6-9(17-10(12)15-7)16-8-2-4-11(13,14)5-3-8;1-4-2-5(6)7-3-4/h7-8,11H,3-6H2,1-2H3,(H,19,20,21);6,8H,2-5H2,1H3,(H,15,16,17);2H,3H2,1H3. The highest BCUT2D eigenvalue weighted by Crippen LogP contribution is 2.35. The number of aromatic nitrogens is 6. The van der Waals surface area contributed by atoms with Crippen LogP contribution in [0.5, 0.6) is 0 Å². The molecule has 3 aromatic heterocycles. The van der Waals surface area contributed by atoms with Crippen molar-refractivity contribution in [2.75, 3.05) is 17.2 Å². The molecule has 256 valence electrons. The van der Waals surface area contributed by atoms with E-state index in [4.69, 9.17) is 11.6 Å². The highest BCUT2D eigenvalue weighted by Gasteiger charge is 2.36. The minimum Gasteiger partial charge on any atom is -0.367 e. The van der Waals surface area contributed by atoms with Gasteiger partial charge in [0.1, 0.15) is 20.9 Å². The second kappa shape index (κ2) is 16.2. The molecule has 47 heavy (non-hydrogen) atoms. The molecule has 16 heteroatoms. The minimum absolute atomic E-state index is 0.0160. The Morgan fingerprint density at radius 1 is 0.766 bits per heavy atom. The molecule has 0 unspecified atom stereocenters. The smallest absolute Gasteiger partial charge is 0.252 e. The van der Waals surface area contributed by atoms with Crippen molar-refractivity contribution in [3.05, 3.63) is 56.8 Å². The van der Waals surface area contributed by atoms with Crippen LogP contribution < -0.4 is 10.6 Å². The van der Waals surface area contributed by atoms with E-state index in [1.165, 1.54) is 5.57 Å². The van der Waals surface area contributed by atoms with Gasteiger partial charge in [0.05, 0.1) is 6.54 Å². The number of aliphatic imine (C=N–C) groups is 1. The van der Waals surface area contributed by atoms with E-state index >= 15 is 0 Å². The zero-order valence-corrected chi connectivity index (χ0v) is 30.5. The van der Waals surface area contributed by atoms with E-state index in [0.29, 0.717) is 47.9 Å². The molecule has 0 spiro atoms. The van der Waals surface area contributed by atoms with Gasteiger partial charge in [-0.05, 0) is 115 Å². The SMILES string of the molecule is CC1=CC(Br)=NC1.Cc1cc(NC2CCC(F)(F)CC2)nc(-n2nc(Br)cc2C)n1.Cc1cc(NC2CCC(F)(F)CC2)nc(Cl)n1. The Bertz CT molecular complexity index is 1560. The zero-order valence-electron chi connectivity index (χ0n) is 26.6. The Morgan fingerprint density at radius 3 is 1.68 bits per heavy atom. The third-order valence-corrected chi connectivity index (χ3v) is 8.74. The Hall–Kier alpha value is -2.65. The molecule has 2 fully saturated rings. The van der Waals surface area contributed by atoms with Crippen LogP contribution in [-0.4, -0.2) is 64.8 Å². The molecule has 3 aliphatic rings. The van der Waals surface area contributed by atoms with Gasteiger partial charge in [0.2, 0.25) is 17.1 Å². The minimum atomic E-state index is -2.52. The number of alkyl halides is 4. The van der Waals surface area contributed by atoms with Crippen molar-refractivity contribution in [1.82, 2.24) is 29.7 Å². The van der Waals surface area contributed by atoms with Crippen molar-refractivity contribution in [3.63, 3.8) is 0 Å². The lowest BCUT2D eigenvalue weighted by Crippen LogP contribution is -2.32. The van der Waals surface area contributed by atoms with E-state index in [1.807, 2.05) is 39.0 Å². The molecule has 4 heterocycles. The zero-order chi connectivity index (χ0) is 34.4. The molecule has 3 aromatic rings. The lowest BCUT2D eigenvalue weighted by atomic mass is 9.92. The monoisotopic (exact) mass is 805 g/mol. The molecule has 0 amide bonds. The Kier molecular flexibility index (Phi) is 12.8. The van der Waals surface area contributed by atoms with Crippen LogP contribution in [0.2, 0.25) is 5.28 Å². The van der Waals surface area contributed by atoms with Gasteiger partial charge < -0.3 is 10.6 Å². The molecule has 0 saturated heterocycles. The molecule has 0 radical (unpaired) electrons. The summed E-state index contributed by atoms with van der Waals surface area (Å²) in [6.45, 7) is 8.55. The van der Waals surface area contributed by atoms with Gasteiger partial charge in [-0.3, -0.25) is 4.99 Å². The predicted molar refractivity (Wildman–Crippen MR) is 185 cm³/mol. The number of nitrogens with zero attached hydrogens (tertiary/aromatic N) is 7. The van der Waals surface area contributed by atoms with E-state index < -0.39 is 11.8 Å². The summed E-state index contributed by atoms with van der Waals surface area (Å²) in [6.07, 6.45) is 3.53. The van der Waals surface area contributed by atoms with Gasteiger partial charge in [0.25, 0.3) is 5.95 Å². The second-order valence-electron chi connectivity index (χ2n) is 12.1. The van der Waals surface area contributed by atoms with E-state index in [0.717, 1.165) is 28.2 Å². The summed E-state index contributed by atoms with van der Waals surface area (Å²) in [6, 6.07) is 5.52. The van der Waals surface area contributed by atoms with Gasteiger partial charge in [-0.2, -0.15) is 10.1 Å². The summed E-state index contributed by atoms with van der Waals surface area (Å²) < 4.78 is 55.8. The van der Waals surface area contributed by atoms with Crippen molar-refractivity contribution in [2.24, 2.45) is 4.99 Å². The number of allylic oxidation sites excluding steroid dienone is 1. The fourth-order valence-electron chi connectivity index (χ4n) is 5.25. The van der Waals surface area contributed by atoms with Crippen LogP contribution in [0.25, 0.3) is 5.95 Å². The van der Waals surface area contributed by atoms with Crippen molar-refractivity contribution < 1.29 is 17.6 Å². The molecule has 2 saturated carbocycles. The van der Waals surface area contributed by atoms with Gasteiger partial charge in [-0.15, -0.1) is 0 Å². The lowest BCUT2D eigenvalue weighted by Gasteiger charge is -2.29. The predicted octanol–water partition coefficient (Wildman–Crippen LogP) is 9.20. The van der Waals surface area contributed by atoms with Crippen LogP contribution in [0, 0.1) is 20.8 Å². The van der Waals surface area contributed by atoms with Gasteiger partial charge >= 0.3 is 0 Å². The number of hydrogen-bond acceptors (Lipinski definition) is 8. The summed E-state index contributed by atoms with van der Waals surface area (Å²) >= 11 is 12.3. The van der Waals surface area contributed by atoms with Crippen molar-refractivity contribution >= 4 is 59.7 Å². The van der Waals surface area contributed by atoms with Crippen LogP contribution >= 0.6 is 43.5 Å². The van der Waals surface area contributed by atoms with Crippen LogP contribution in [0.3, 0.4) is 0 Å². The maximum Gasteiger partial charge on any atom is 0.252 e. The first-order valence-electron chi connectivity index (χ1n) is 15.3. The second-order valence-corrected chi connectivity index (χ2v) is 14.0. The fraction of sp³-hybridized carbons (Fsp3) is 0.548. The van der Waals surface area contributed by atoms with E-state index in [2.05, 4.69) is 79.4 Å². The van der Waals surface area contributed by atoms with Crippen LogP contribution in [0.15, 0.2) is 39.4 Å². The highest BCUT2D eigenvalue weighted by molar-refractivity contribution is 9.18. The first kappa shape index (κ1) is 37.2. The summed E-state index contributed by atoms with van der Waals surface area (Å²) in [5.74, 6) is -3.30. The molecule has 0 bridgehead atoms. The summed E-state index contributed by atoms with van der Waals surface area (Å²) in [7, 11) is 0. The number of rotatable bonds is 5. The maximum absolute atomic E-state index is 13.2. The topological polar surface area (TPSA) is 106 Å². The van der Waals surface area contributed by atoms with Gasteiger partial charge in [0.15, 0.2) is 0 Å². The van der Waals surface area contributed by atoms with E-state index in [9.17, 15) is 17.6 Å². The lowest BCUT2D eigenvalue weighted by molar-refractivity contribution is -0.0366. The summed E-state index contributed by atoms with van der Waals surface area (Å²) in [5, 5.41) is 10.9.